The molecule has 3 N–H and O–H groups in total. The Kier molecular flexibility index (Phi) is 7.62. The van der Waals surface area contributed by atoms with Crippen LogP contribution in [0.25, 0.3) is 10.9 Å². The molecule has 39 heavy (non-hydrogen) atoms. The molecular formula is C30H38FN5O3. The molecule has 3 saturated carbocycles. The van der Waals surface area contributed by atoms with Crippen molar-refractivity contribution in [2.45, 2.75) is 52.6 Å². The van der Waals surface area contributed by atoms with Gasteiger partial charge in [-0.15, -0.1) is 0 Å². The number of aliphatic hydroxyl groups is 1. The Morgan fingerprint density at radius 3 is 2.77 bits per heavy atom. The van der Waals surface area contributed by atoms with E-state index in [0.29, 0.717) is 76.9 Å². The van der Waals surface area contributed by atoms with E-state index in [-0.39, 0.29) is 18.0 Å². The van der Waals surface area contributed by atoms with Gasteiger partial charge in [-0.1, -0.05) is 26.8 Å². The highest BCUT2D eigenvalue weighted by molar-refractivity contribution is 5.95. The summed E-state index contributed by atoms with van der Waals surface area (Å²) >= 11 is 0. The van der Waals surface area contributed by atoms with Crippen LogP contribution in [-0.4, -0.2) is 46.9 Å². The first-order valence-electron chi connectivity index (χ1n) is 13.7. The van der Waals surface area contributed by atoms with E-state index < -0.39 is 0 Å². The number of aryl methyl sites for hydroxylation is 2. The van der Waals surface area contributed by atoms with E-state index in [0.717, 1.165) is 12.1 Å². The molecular weight excluding hydrogens is 497 g/mol. The lowest BCUT2D eigenvalue weighted by Gasteiger charge is -2.62. The lowest BCUT2D eigenvalue weighted by Crippen LogP contribution is -2.61. The number of methoxy groups -OCH3 is 1. The van der Waals surface area contributed by atoms with E-state index in [1.165, 1.54) is 30.5 Å². The quantitative estimate of drug-likeness (QED) is 0.295. The highest BCUT2D eigenvalue weighted by atomic mass is 19.1. The van der Waals surface area contributed by atoms with Crippen molar-refractivity contribution in [2.75, 3.05) is 25.6 Å². The first kappa shape index (κ1) is 27.1. The van der Waals surface area contributed by atoms with Crippen LogP contribution in [0.5, 0.6) is 5.75 Å². The maximum Gasteiger partial charge on any atom is 0.261 e. The van der Waals surface area contributed by atoms with Crippen LogP contribution < -0.4 is 20.9 Å². The van der Waals surface area contributed by atoms with Gasteiger partial charge in [0.05, 0.1) is 37.5 Å². The molecule has 0 amide bonds. The molecule has 0 spiro atoms. The predicted molar refractivity (Wildman–Crippen MR) is 152 cm³/mol. The van der Waals surface area contributed by atoms with Crippen LogP contribution in [0.4, 0.5) is 10.1 Å². The first-order chi connectivity index (χ1) is 18.7. The van der Waals surface area contributed by atoms with Gasteiger partial charge < -0.3 is 20.5 Å². The zero-order chi connectivity index (χ0) is 27.7. The smallest absolute Gasteiger partial charge is 0.261 e. The minimum absolute atomic E-state index is 0.0371. The third-order valence-corrected chi connectivity index (χ3v) is 9.02. The Morgan fingerprint density at radius 1 is 1.26 bits per heavy atom. The highest BCUT2D eigenvalue weighted by Crippen LogP contribution is 2.61. The third kappa shape index (κ3) is 5.37. The number of fused-ring (bicyclic) bond motifs is 3. The Hall–Kier alpha value is -3.46. The number of halogens is 1. The molecule has 1 unspecified atom stereocenters. The van der Waals surface area contributed by atoms with E-state index in [9.17, 15) is 14.3 Å². The minimum Gasteiger partial charge on any atom is -0.497 e. The van der Waals surface area contributed by atoms with Crippen LogP contribution >= 0.6 is 0 Å². The van der Waals surface area contributed by atoms with Gasteiger partial charge in [-0.3, -0.25) is 14.4 Å². The van der Waals surface area contributed by atoms with Gasteiger partial charge >= 0.3 is 0 Å². The second-order valence-electron chi connectivity index (χ2n) is 11.5. The van der Waals surface area contributed by atoms with Gasteiger partial charge in [-0.2, -0.15) is 0 Å². The number of benzene rings is 2. The van der Waals surface area contributed by atoms with Gasteiger partial charge in [0.1, 0.15) is 11.6 Å². The highest BCUT2D eigenvalue weighted by Gasteiger charge is 2.56. The van der Waals surface area contributed by atoms with Gasteiger partial charge in [0.25, 0.3) is 5.56 Å². The van der Waals surface area contributed by atoms with E-state index in [4.69, 9.17) is 4.74 Å². The fourth-order valence-corrected chi connectivity index (χ4v) is 6.43. The summed E-state index contributed by atoms with van der Waals surface area (Å²) in [7, 11) is 1.49. The van der Waals surface area contributed by atoms with Crippen molar-refractivity contribution in [2.24, 2.45) is 28.2 Å². The largest absolute Gasteiger partial charge is 0.497 e. The molecule has 4 atom stereocenters. The second-order valence-corrected chi connectivity index (χ2v) is 11.5. The van der Waals surface area contributed by atoms with Crippen molar-refractivity contribution in [1.29, 1.82) is 0 Å². The molecule has 1 heterocycles. The standard InChI is InChI=1S/C30H38FN5O3/c1-18-24-13-20(30(24,2)3)14-26(18)35-29(32-10-12-37)34-21-6-8-23-27(15-21)33-17-36(28(23)38)11-9-19-5-7-22(39-4)16-25(19)31/h5-8,15-18,20,24,26,37H,9-14H2,1-4H3,(H2,32,34,35)/t18?,20-,24+,26-/m0/s1. The number of hydrogen-bond donors (Lipinski definition) is 3. The van der Waals surface area contributed by atoms with E-state index in [1.54, 1.807) is 18.2 Å². The van der Waals surface area contributed by atoms with Gasteiger partial charge in [0, 0.05) is 24.3 Å². The molecule has 1 aromatic heterocycles. The van der Waals surface area contributed by atoms with E-state index in [2.05, 4.69) is 41.4 Å². The van der Waals surface area contributed by atoms with Crippen LogP contribution in [0.3, 0.4) is 0 Å². The molecule has 8 nitrogen and oxygen atoms in total. The van der Waals surface area contributed by atoms with Crippen LogP contribution in [0.15, 0.2) is 52.5 Å². The number of aromatic nitrogens is 2. The molecule has 0 saturated heterocycles. The van der Waals surface area contributed by atoms with Gasteiger partial charge in [-0.25, -0.2) is 9.37 Å². The molecule has 3 aliphatic rings. The number of guanidine groups is 1. The van der Waals surface area contributed by atoms with Crippen molar-refractivity contribution in [3.63, 3.8) is 0 Å². The fraction of sp³-hybridized carbons (Fsp3) is 0.500. The maximum absolute atomic E-state index is 14.3. The topological polar surface area (TPSA) is 101 Å². The lowest BCUT2D eigenvalue weighted by atomic mass is 9.45. The Bertz CT molecular complexity index is 1440. The fourth-order valence-electron chi connectivity index (χ4n) is 6.43. The minimum atomic E-state index is -0.359. The summed E-state index contributed by atoms with van der Waals surface area (Å²) < 4.78 is 20.9. The number of hydrogen-bond acceptors (Lipinski definition) is 5. The molecule has 0 aliphatic heterocycles. The van der Waals surface area contributed by atoms with Gasteiger partial charge in [-0.05, 0) is 72.3 Å². The lowest BCUT2D eigenvalue weighted by molar-refractivity contribution is -0.112. The maximum atomic E-state index is 14.3. The van der Waals surface area contributed by atoms with Gasteiger partial charge in [0.15, 0.2) is 5.96 Å². The molecule has 2 bridgehead atoms. The summed E-state index contributed by atoms with van der Waals surface area (Å²) in [5.41, 5.74) is 2.05. The third-order valence-electron chi connectivity index (χ3n) is 9.02. The van der Waals surface area contributed by atoms with Crippen LogP contribution in [0.2, 0.25) is 0 Å². The SMILES string of the molecule is COc1ccc(CCn2cnc3cc(NC(=NCCO)N[C@H]4C[C@@H]5C[C@H](C4C)C5(C)C)ccc3c2=O)c(F)c1. The monoisotopic (exact) mass is 535 g/mol. The van der Waals surface area contributed by atoms with Crippen molar-refractivity contribution >= 4 is 22.5 Å². The summed E-state index contributed by atoms with van der Waals surface area (Å²) in [5.74, 6) is 2.65. The molecule has 3 aromatic rings. The van der Waals surface area contributed by atoms with Crippen LogP contribution in [0, 0.1) is 29.0 Å². The van der Waals surface area contributed by atoms with Gasteiger partial charge in [0.2, 0.25) is 0 Å². The number of rotatable bonds is 8. The average Bonchev–Trinajstić information content (AvgIpc) is 2.92. The second kappa shape index (κ2) is 11.0. The molecule has 3 fully saturated rings. The van der Waals surface area contributed by atoms with Crippen molar-refractivity contribution < 1.29 is 14.2 Å². The van der Waals surface area contributed by atoms with Crippen molar-refractivity contribution in [1.82, 2.24) is 14.9 Å². The van der Waals surface area contributed by atoms with Crippen molar-refractivity contribution in [3.8, 4) is 5.75 Å². The zero-order valence-electron chi connectivity index (χ0n) is 23.1. The zero-order valence-corrected chi connectivity index (χ0v) is 23.1. The number of anilines is 1. The average molecular weight is 536 g/mol. The summed E-state index contributed by atoms with van der Waals surface area (Å²) in [4.78, 5) is 22.2. The predicted octanol–water partition coefficient (Wildman–Crippen LogP) is 4.21. The Morgan fingerprint density at radius 2 is 2.08 bits per heavy atom. The Labute approximate surface area is 228 Å². The number of aliphatic imine (C=N–C) groups is 1. The number of ether oxygens (including phenoxy) is 1. The number of nitrogens with one attached hydrogen (secondary N) is 2. The Balaban J connectivity index is 1.29. The van der Waals surface area contributed by atoms with E-state index >= 15 is 0 Å². The number of aliphatic hydroxyl groups excluding tert-OH is 1. The molecule has 6 rings (SSSR count). The first-order valence-corrected chi connectivity index (χ1v) is 13.7. The van der Waals surface area contributed by atoms with E-state index in [1.807, 2.05) is 12.1 Å². The molecule has 0 radical (unpaired) electrons. The molecule has 2 aromatic carbocycles. The number of nitrogens with zero attached hydrogens (tertiary/aromatic N) is 3. The summed E-state index contributed by atoms with van der Waals surface area (Å²) in [6.07, 6.45) is 4.26. The summed E-state index contributed by atoms with van der Waals surface area (Å²) in [6.45, 7) is 7.64. The van der Waals surface area contributed by atoms with Crippen LogP contribution in [0.1, 0.15) is 39.2 Å². The van der Waals surface area contributed by atoms with Crippen LogP contribution in [-0.2, 0) is 13.0 Å². The molecule has 208 valence electrons. The summed E-state index contributed by atoms with van der Waals surface area (Å²) in [6, 6.07) is 10.4. The molecule has 3 aliphatic carbocycles. The molecule has 9 heteroatoms. The van der Waals surface area contributed by atoms with Crippen molar-refractivity contribution in [3.05, 3.63) is 64.5 Å². The summed E-state index contributed by atoms with van der Waals surface area (Å²) in [5, 5.41) is 16.8. The normalized spacial score (nSPS) is 23.8.